The number of rotatable bonds is 8. The van der Waals surface area contributed by atoms with E-state index < -0.39 is 0 Å². The molecule has 0 saturated carbocycles. The van der Waals surface area contributed by atoms with Crippen molar-refractivity contribution in [1.29, 1.82) is 0 Å². The lowest BCUT2D eigenvalue weighted by Gasteiger charge is -2.18. The first-order valence-corrected chi connectivity index (χ1v) is 9.34. The fourth-order valence-corrected chi connectivity index (χ4v) is 3.20. The van der Waals surface area contributed by atoms with Crippen LogP contribution in [0.1, 0.15) is 37.3 Å². The van der Waals surface area contributed by atoms with E-state index in [1.165, 1.54) is 5.56 Å². The van der Waals surface area contributed by atoms with E-state index in [1.54, 1.807) is 13.2 Å². The summed E-state index contributed by atoms with van der Waals surface area (Å²) in [4.78, 5) is 13.6. The van der Waals surface area contributed by atoms with Gasteiger partial charge in [0.25, 0.3) is 5.91 Å². The molecule has 0 fully saturated rings. The molecule has 0 spiro atoms. The Balaban J connectivity index is 2.01. The van der Waals surface area contributed by atoms with Crippen molar-refractivity contribution in [2.24, 2.45) is 0 Å². The highest BCUT2D eigenvalue weighted by Crippen LogP contribution is 2.26. The Kier molecular flexibility index (Phi) is 7.49. The summed E-state index contributed by atoms with van der Waals surface area (Å²) in [5.41, 5.74) is 3.07. The van der Waals surface area contributed by atoms with Gasteiger partial charge < -0.3 is 15.0 Å². The fourth-order valence-electron chi connectivity index (χ4n) is 3.00. The van der Waals surface area contributed by atoms with Gasteiger partial charge in [0.15, 0.2) is 6.54 Å². The van der Waals surface area contributed by atoms with Gasteiger partial charge in [0.2, 0.25) is 0 Å². The van der Waals surface area contributed by atoms with Gasteiger partial charge in [-0.3, -0.25) is 4.79 Å². The highest BCUT2D eigenvalue weighted by Gasteiger charge is 2.16. The van der Waals surface area contributed by atoms with Crippen LogP contribution in [-0.2, 0) is 11.3 Å². The Bertz CT molecular complexity index is 749. The summed E-state index contributed by atoms with van der Waals surface area (Å²) < 4.78 is 5.38. The molecule has 0 saturated heterocycles. The van der Waals surface area contributed by atoms with Crippen LogP contribution >= 0.6 is 11.6 Å². The van der Waals surface area contributed by atoms with Crippen LogP contribution in [-0.4, -0.2) is 26.6 Å². The highest BCUT2D eigenvalue weighted by atomic mass is 35.5. The molecule has 4 nitrogen and oxygen atoms in total. The van der Waals surface area contributed by atoms with Gasteiger partial charge in [-0.25, -0.2) is 0 Å². The molecule has 1 unspecified atom stereocenters. The number of carbonyl (C=O) groups is 1. The van der Waals surface area contributed by atoms with E-state index in [0.29, 0.717) is 24.0 Å². The number of para-hydroxylation sites is 1. The first-order chi connectivity index (χ1) is 12.4. The standard InChI is InChI=1S/C21H27ClN2O2/c1-5-15(2)18-8-6-7-9-19(18)23-21(25)14-24(3)13-16-12-17(22)10-11-20(16)26-4/h6-12,15H,5,13-14H2,1-4H3,(H,23,25)/p+1/t15-/m1/s1. The van der Waals surface area contributed by atoms with E-state index >= 15 is 0 Å². The molecule has 5 heteroatoms. The van der Waals surface area contributed by atoms with Gasteiger partial charge in [0.05, 0.1) is 14.2 Å². The number of hydrogen-bond acceptors (Lipinski definition) is 2. The summed E-state index contributed by atoms with van der Waals surface area (Å²) >= 11 is 6.09. The van der Waals surface area contributed by atoms with Gasteiger partial charge in [-0.05, 0) is 42.2 Å². The minimum absolute atomic E-state index is 0.000696. The number of benzene rings is 2. The van der Waals surface area contributed by atoms with Crippen molar-refractivity contribution in [2.45, 2.75) is 32.7 Å². The maximum atomic E-state index is 12.5. The van der Waals surface area contributed by atoms with E-state index in [2.05, 4.69) is 25.2 Å². The predicted molar refractivity (Wildman–Crippen MR) is 107 cm³/mol. The summed E-state index contributed by atoms with van der Waals surface area (Å²) in [6.07, 6.45) is 1.03. The Labute approximate surface area is 161 Å². The van der Waals surface area contributed by atoms with Gasteiger partial charge in [-0.2, -0.15) is 0 Å². The van der Waals surface area contributed by atoms with Crippen LogP contribution in [0.15, 0.2) is 42.5 Å². The van der Waals surface area contributed by atoms with Crippen LogP contribution in [0.5, 0.6) is 5.75 Å². The quantitative estimate of drug-likeness (QED) is 0.741. The van der Waals surface area contributed by atoms with Crippen molar-refractivity contribution in [2.75, 3.05) is 26.0 Å². The number of ether oxygens (including phenoxy) is 1. The van der Waals surface area contributed by atoms with Crippen molar-refractivity contribution in [3.05, 3.63) is 58.6 Å². The third-order valence-electron chi connectivity index (χ3n) is 4.58. The van der Waals surface area contributed by atoms with E-state index in [1.807, 2.05) is 37.4 Å². The topological polar surface area (TPSA) is 42.8 Å². The van der Waals surface area contributed by atoms with Gasteiger partial charge in [-0.15, -0.1) is 0 Å². The monoisotopic (exact) mass is 375 g/mol. The largest absolute Gasteiger partial charge is 0.496 e. The molecular weight excluding hydrogens is 348 g/mol. The number of quaternary nitrogens is 1. The molecule has 2 aromatic carbocycles. The second-order valence-electron chi connectivity index (χ2n) is 6.71. The highest BCUT2D eigenvalue weighted by molar-refractivity contribution is 6.30. The summed E-state index contributed by atoms with van der Waals surface area (Å²) in [6.45, 7) is 5.35. The molecule has 2 N–H and O–H groups in total. The van der Waals surface area contributed by atoms with Crippen LogP contribution in [0.2, 0.25) is 5.02 Å². The van der Waals surface area contributed by atoms with Gasteiger partial charge in [-0.1, -0.05) is 43.6 Å². The van der Waals surface area contributed by atoms with Gasteiger partial charge in [0.1, 0.15) is 12.3 Å². The SMILES string of the molecule is CC[C@@H](C)c1ccccc1NC(=O)C[NH+](C)Cc1cc(Cl)ccc1OC. The van der Waals surface area contributed by atoms with Crippen molar-refractivity contribution >= 4 is 23.2 Å². The Hall–Kier alpha value is -2.04. The number of nitrogens with one attached hydrogen (secondary N) is 2. The molecule has 0 aliphatic heterocycles. The third-order valence-corrected chi connectivity index (χ3v) is 4.81. The molecule has 140 valence electrons. The number of hydrogen-bond donors (Lipinski definition) is 2. The smallest absolute Gasteiger partial charge is 0.279 e. The lowest BCUT2D eigenvalue weighted by atomic mass is 9.97. The van der Waals surface area contributed by atoms with Crippen LogP contribution in [0.4, 0.5) is 5.69 Å². The molecular formula is C21H28ClN2O2+. The average molecular weight is 376 g/mol. The number of anilines is 1. The van der Waals surface area contributed by atoms with Gasteiger partial charge in [0, 0.05) is 16.3 Å². The number of likely N-dealkylation sites (N-methyl/N-ethyl adjacent to an activating group) is 1. The summed E-state index contributed by atoms with van der Waals surface area (Å²) in [5, 5.41) is 3.73. The number of methoxy groups -OCH3 is 1. The molecule has 0 aliphatic rings. The number of halogens is 1. The minimum Gasteiger partial charge on any atom is -0.496 e. The zero-order chi connectivity index (χ0) is 19.1. The molecule has 2 aromatic rings. The van der Waals surface area contributed by atoms with Crippen LogP contribution < -0.4 is 15.0 Å². The molecule has 2 atom stereocenters. The maximum Gasteiger partial charge on any atom is 0.279 e. The van der Waals surface area contributed by atoms with Crippen LogP contribution in [0.25, 0.3) is 0 Å². The van der Waals surface area contributed by atoms with Crippen molar-refractivity contribution in [3.63, 3.8) is 0 Å². The third kappa shape index (κ3) is 5.48. The van der Waals surface area contributed by atoms with Gasteiger partial charge >= 0.3 is 0 Å². The molecule has 0 heterocycles. The van der Waals surface area contributed by atoms with Crippen molar-refractivity contribution in [1.82, 2.24) is 0 Å². The summed E-state index contributed by atoms with van der Waals surface area (Å²) in [7, 11) is 3.63. The number of carbonyl (C=O) groups excluding carboxylic acids is 1. The zero-order valence-electron chi connectivity index (χ0n) is 15.9. The van der Waals surface area contributed by atoms with E-state index in [-0.39, 0.29) is 5.91 Å². The Morgan fingerprint density at radius 3 is 2.69 bits per heavy atom. The van der Waals surface area contributed by atoms with Crippen LogP contribution in [0, 0.1) is 0 Å². The van der Waals surface area contributed by atoms with Crippen molar-refractivity contribution < 1.29 is 14.4 Å². The molecule has 0 radical (unpaired) electrons. The second kappa shape index (κ2) is 9.60. The minimum atomic E-state index is -0.000696. The van der Waals surface area contributed by atoms with Crippen molar-refractivity contribution in [3.8, 4) is 5.75 Å². The normalized spacial score (nSPS) is 13.1. The number of amides is 1. The summed E-state index contributed by atoms with van der Waals surface area (Å²) in [6, 6.07) is 13.6. The molecule has 0 aromatic heterocycles. The maximum absolute atomic E-state index is 12.5. The first-order valence-electron chi connectivity index (χ1n) is 8.97. The Morgan fingerprint density at radius 1 is 1.27 bits per heavy atom. The second-order valence-corrected chi connectivity index (χ2v) is 7.15. The summed E-state index contributed by atoms with van der Waals surface area (Å²) in [5.74, 6) is 1.20. The zero-order valence-corrected chi connectivity index (χ0v) is 16.7. The Morgan fingerprint density at radius 2 is 2.00 bits per heavy atom. The molecule has 0 aliphatic carbocycles. The van der Waals surface area contributed by atoms with E-state index in [0.717, 1.165) is 28.3 Å². The average Bonchev–Trinajstić information content (AvgIpc) is 2.61. The molecule has 1 amide bonds. The molecule has 0 bridgehead atoms. The lowest BCUT2D eigenvalue weighted by Crippen LogP contribution is -3.08. The lowest BCUT2D eigenvalue weighted by molar-refractivity contribution is -0.885. The van der Waals surface area contributed by atoms with Crippen LogP contribution in [0.3, 0.4) is 0 Å². The fraction of sp³-hybridized carbons (Fsp3) is 0.381. The van der Waals surface area contributed by atoms with E-state index in [9.17, 15) is 4.79 Å². The van der Waals surface area contributed by atoms with E-state index in [4.69, 9.17) is 16.3 Å². The predicted octanol–water partition coefficient (Wildman–Crippen LogP) is 3.52. The first kappa shape index (κ1) is 20.3. The molecule has 2 rings (SSSR count). The molecule has 26 heavy (non-hydrogen) atoms.